The summed E-state index contributed by atoms with van der Waals surface area (Å²) in [6.45, 7) is 3.85. The summed E-state index contributed by atoms with van der Waals surface area (Å²) >= 11 is 11.1. The molecule has 0 N–H and O–H groups in total. The van der Waals surface area contributed by atoms with Crippen LogP contribution in [-0.2, 0) is 4.79 Å². The lowest BCUT2D eigenvalue weighted by Crippen LogP contribution is -2.06. The Labute approximate surface area is 105 Å². The number of halogens is 2. The maximum atomic E-state index is 10.6. The van der Waals surface area contributed by atoms with Crippen molar-refractivity contribution in [1.82, 2.24) is 0 Å². The molecule has 2 nitrogen and oxygen atoms in total. The van der Waals surface area contributed by atoms with Crippen LogP contribution in [0.15, 0.2) is 24.3 Å². The number of benzene rings is 1. The molecule has 86 valence electrons. The van der Waals surface area contributed by atoms with Crippen LogP contribution in [0.3, 0.4) is 0 Å². The summed E-state index contributed by atoms with van der Waals surface area (Å²) in [5, 5.41) is 0.0493. The lowest BCUT2D eigenvalue weighted by atomic mass is 10.2. The average molecular weight is 259 g/mol. The van der Waals surface area contributed by atoms with Crippen LogP contribution in [0.5, 0.6) is 5.75 Å². The molecule has 0 aromatic heterocycles. The molecule has 1 aromatic carbocycles. The highest BCUT2D eigenvalue weighted by Crippen LogP contribution is 2.25. The first-order valence-corrected chi connectivity index (χ1v) is 5.58. The first-order valence-electron chi connectivity index (χ1n) is 4.83. The van der Waals surface area contributed by atoms with Gasteiger partial charge in [-0.2, -0.15) is 0 Å². The van der Waals surface area contributed by atoms with E-state index >= 15 is 0 Å². The minimum atomic E-state index is -0.532. The van der Waals surface area contributed by atoms with Crippen molar-refractivity contribution in [2.75, 3.05) is 0 Å². The standard InChI is InChI=1S/C12H12Cl2O2/c1-8(2)16-11-5-4-10(13)7-9(11)3-6-12(14)15/h3-8H,1-2H3/b6-3+. The van der Waals surface area contributed by atoms with Crippen LogP contribution in [0.4, 0.5) is 0 Å². The van der Waals surface area contributed by atoms with Gasteiger partial charge in [0.25, 0.3) is 0 Å². The largest absolute Gasteiger partial charge is 0.490 e. The van der Waals surface area contributed by atoms with Crippen molar-refractivity contribution in [3.05, 3.63) is 34.9 Å². The lowest BCUT2D eigenvalue weighted by molar-refractivity contribution is -0.107. The smallest absolute Gasteiger partial charge is 0.245 e. The molecule has 0 unspecified atom stereocenters. The molecule has 4 heteroatoms. The Bertz CT molecular complexity index is 411. The fraction of sp³-hybridized carbons (Fsp3) is 0.250. The van der Waals surface area contributed by atoms with Crippen molar-refractivity contribution in [3.63, 3.8) is 0 Å². The SMILES string of the molecule is CC(C)Oc1ccc(Cl)cc1/C=C/C(=O)Cl. The van der Waals surface area contributed by atoms with Crippen LogP contribution in [-0.4, -0.2) is 11.3 Å². The Balaban J connectivity index is 3.03. The highest BCUT2D eigenvalue weighted by atomic mass is 35.5. The highest BCUT2D eigenvalue weighted by molar-refractivity contribution is 6.66. The lowest BCUT2D eigenvalue weighted by Gasteiger charge is -2.12. The Hall–Kier alpha value is -0.990. The molecular weight excluding hydrogens is 247 g/mol. The third-order valence-electron chi connectivity index (χ3n) is 1.73. The van der Waals surface area contributed by atoms with Gasteiger partial charge in [-0.25, -0.2) is 0 Å². The molecule has 0 amide bonds. The first-order chi connectivity index (χ1) is 7.49. The van der Waals surface area contributed by atoms with Gasteiger partial charge in [-0.3, -0.25) is 4.79 Å². The summed E-state index contributed by atoms with van der Waals surface area (Å²) in [6.07, 6.45) is 2.90. The van der Waals surface area contributed by atoms with E-state index < -0.39 is 5.24 Å². The van der Waals surface area contributed by atoms with Gasteiger partial charge in [0.05, 0.1) is 6.10 Å². The van der Waals surface area contributed by atoms with Gasteiger partial charge in [-0.1, -0.05) is 11.6 Å². The van der Waals surface area contributed by atoms with E-state index in [9.17, 15) is 4.79 Å². The summed E-state index contributed by atoms with van der Waals surface area (Å²) < 4.78 is 5.57. The molecule has 0 aliphatic heterocycles. The topological polar surface area (TPSA) is 26.3 Å². The van der Waals surface area contributed by atoms with Gasteiger partial charge in [0.1, 0.15) is 5.75 Å². The van der Waals surface area contributed by atoms with Gasteiger partial charge < -0.3 is 4.74 Å². The van der Waals surface area contributed by atoms with E-state index in [1.54, 1.807) is 24.3 Å². The van der Waals surface area contributed by atoms with E-state index in [2.05, 4.69) is 0 Å². The van der Waals surface area contributed by atoms with Crippen LogP contribution in [0.25, 0.3) is 6.08 Å². The minimum absolute atomic E-state index is 0.0556. The number of ether oxygens (including phenoxy) is 1. The van der Waals surface area contributed by atoms with Crippen molar-refractivity contribution in [2.24, 2.45) is 0 Å². The second-order valence-corrected chi connectivity index (χ2v) is 4.30. The molecule has 0 saturated heterocycles. The van der Waals surface area contributed by atoms with Gasteiger partial charge in [0, 0.05) is 10.6 Å². The Morgan fingerprint density at radius 3 is 2.69 bits per heavy atom. The summed E-state index contributed by atoms with van der Waals surface area (Å²) in [5.41, 5.74) is 0.732. The number of carbonyl (C=O) groups is 1. The van der Waals surface area contributed by atoms with Crippen LogP contribution in [0.1, 0.15) is 19.4 Å². The van der Waals surface area contributed by atoms with Crippen molar-refractivity contribution < 1.29 is 9.53 Å². The Morgan fingerprint density at radius 2 is 2.12 bits per heavy atom. The molecule has 1 aromatic rings. The molecule has 0 aliphatic carbocycles. The highest BCUT2D eigenvalue weighted by Gasteiger charge is 2.04. The normalized spacial score (nSPS) is 11.1. The van der Waals surface area contributed by atoms with E-state index in [4.69, 9.17) is 27.9 Å². The molecule has 0 fully saturated rings. The van der Waals surface area contributed by atoms with E-state index in [-0.39, 0.29) is 6.10 Å². The molecule has 0 atom stereocenters. The fourth-order valence-corrected chi connectivity index (χ4v) is 1.41. The molecular formula is C12H12Cl2O2. The molecule has 1 rings (SSSR count). The van der Waals surface area contributed by atoms with E-state index in [0.717, 1.165) is 5.56 Å². The second-order valence-electron chi connectivity index (χ2n) is 3.49. The van der Waals surface area contributed by atoms with E-state index in [1.165, 1.54) is 6.08 Å². The summed E-state index contributed by atoms with van der Waals surface area (Å²) in [6, 6.07) is 5.22. The fourth-order valence-electron chi connectivity index (χ4n) is 1.17. The van der Waals surface area contributed by atoms with E-state index in [1.807, 2.05) is 13.8 Å². The molecule has 0 radical (unpaired) electrons. The van der Waals surface area contributed by atoms with Gasteiger partial charge in [-0.05, 0) is 55.8 Å². The van der Waals surface area contributed by atoms with Crippen molar-refractivity contribution in [2.45, 2.75) is 20.0 Å². The zero-order valence-electron chi connectivity index (χ0n) is 9.04. The average Bonchev–Trinajstić information content (AvgIpc) is 2.17. The molecule has 0 aliphatic rings. The zero-order valence-corrected chi connectivity index (χ0v) is 10.5. The molecule has 0 bridgehead atoms. The van der Waals surface area contributed by atoms with Crippen molar-refractivity contribution in [1.29, 1.82) is 0 Å². The van der Waals surface area contributed by atoms with Crippen molar-refractivity contribution >= 4 is 34.5 Å². The number of hydrogen-bond donors (Lipinski definition) is 0. The van der Waals surface area contributed by atoms with Gasteiger partial charge in [-0.15, -0.1) is 0 Å². The number of carbonyl (C=O) groups excluding carboxylic acids is 1. The third kappa shape index (κ3) is 4.25. The predicted molar refractivity (Wildman–Crippen MR) is 67.1 cm³/mol. The summed E-state index contributed by atoms with van der Waals surface area (Å²) in [4.78, 5) is 10.6. The van der Waals surface area contributed by atoms with Crippen LogP contribution < -0.4 is 4.74 Å². The molecule has 0 spiro atoms. The predicted octanol–water partition coefficient (Wildman–Crippen LogP) is 3.91. The van der Waals surface area contributed by atoms with Gasteiger partial charge >= 0.3 is 0 Å². The monoisotopic (exact) mass is 258 g/mol. The van der Waals surface area contributed by atoms with Crippen molar-refractivity contribution in [3.8, 4) is 5.75 Å². The molecule has 0 saturated carbocycles. The zero-order chi connectivity index (χ0) is 12.1. The maximum Gasteiger partial charge on any atom is 0.245 e. The molecule has 0 heterocycles. The summed E-state index contributed by atoms with van der Waals surface area (Å²) in [5.74, 6) is 0.675. The third-order valence-corrected chi connectivity index (χ3v) is 2.09. The Kier molecular flexibility index (Phi) is 4.84. The number of allylic oxidation sites excluding steroid dienone is 1. The quantitative estimate of drug-likeness (QED) is 0.605. The minimum Gasteiger partial charge on any atom is -0.490 e. The Morgan fingerprint density at radius 1 is 1.44 bits per heavy atom. The van der Waals surface area contributed by atoms with Gasteiger partial charge in [0.15, 0.2) is 0 Å². The van der Waals surface area contributed by atoms with Crippen LogP contribution >= 0.6 is 23.2 Å². The number of hydrogen-bond acceptors (Lipinski definition) is 2. The van der Waals surface area contributed by atoms with E-state index in [0.29, 0.717) is 10.8 Å². The number of rotatable bonds is 4. The summed E-state index contributed by atoms with van der Waals surface area (Å²) in [7, 11) is 0. The van der Waals surface area contributed by atoms with Crippen LogP contribution in [0, 0.1) is 0 Å². The van der Waals surface area contributed by atoms with Crippen LogP contribution in [0.2, 0.25) is 5.02 Å². The second kappa shape index (κ2) is 5.92. The maximum absolute atomic E-state index is 10.6. The van der Waals surface area contributed by atoms with Gasteiger partial charge in [0.2, 0.25) is 5.24 Å². The molecule has 16 heavy (non-hydrogen) atoms. The first kappa shape index (κ1) is 13.1.